The van der Waals surface area contributed by atoms with E-state index < -0.39 is 35.8 Å². The Bertz CT molecular complexity index is 974. The van der Waals surface area contributed by atoms with Gasteiger partial charge in [0.1, 0.15) is 5.75 Å². The van der Waals surface area contributed by atoms with Crippen LogP contribution in [0.4, 0.5) is 5.69 Å². The van der Waals surface area contributed by atoms with Crippen LogP contribution < -0.4 is 5.32 Å². The molecule has 0 unspecified atom stereocenters. The van der Waals surface area contributed by atoms with Crippen molar-refractivity contribution >= 4 is 43.1 Å². The van der Waals surface area contributed by atoms with E-state index in [1.807, 2.05) is 0 Å². The number of aromatic hydroxyl groups is 1. The number of anilines is 1. The summed E-state index contributed by atoms with van der Waals surface area (Å²) in [5.74, 6) is -0.614. The lowest BCUT2D eigenvalue weighted by molar-refractivity contribution is -0.105. The van der Waals surface area contributed by atoms with E-state index in [2.05, 4.69) is 5.32 Å². The maximum atomic E-state index is 11.2. The highest BCUT2D eigenvalue weighted by Gasteiger charge is 2.19. The molecule has 11 heteroatoms. The first-order chi connectivity index (χ1) is 10.0. The summed E-state index contributed by atoms with van der Waals surface area (Å²) in [5.41, 5.74) is -0.167. The van der Waals surface area contributed by atoms with Crippen LogP contribution in [0.5, 0.6) is 5.75 Å². The summed E-state index contributed by atoms with van der Waals surface area (Å²) >= 11 is 0. The van der Waals surface area contributed by atoms with E-state index in [1.54, 1.807) is 0 Å². The number of nitrogens with one attached hydrogen (secondary N) is 1. The van der Waals surface area contributed by atoms with E-state index in [0.29, 0.717) is 0 Å². The minimum absolute atomic E-state index is 0.0631. The molecule has 2 aromatic carbocycles. The quantitative estimate of drug-likeness (QED) is 0.462. The van der Waals surface area contributed by atoms with Gasteiger partial charge in [0.15, 0.2) is 0 Å². The second-order valence-electron chi connectivity index (χ2n) is 4.22. The highest BCUT2D eigenvalue weighted by molar-refractivity contribution is 7.86. The Labute approximate surface area is 124 Å². The van der Waals surface area contributed by atoms with Gasteiger partial charge in [-0.25, -0.2) is 0 Å². The predicted octanol–water partition coefficient (Wildman–Crippen LogP) is 0.607. The van der Waals surface area contributed by atoms with Gasteiger partial charge in [-0.1, -0.05) is 0 Å². The second kappa shape index (κ2) is 5.21. The molecule has 2 aromatic rings. The van der Waals surface area contributed by atoms with E-state index in [-0.39, 0.29) is 22.9 Å². The first-order valence-electron chi connectivity index (χ1n) is 5.50. The van der Waals surface area contributed by atoms with Gasteiger partial charge in [0.05, 0.1) is 15.5 Å². The van der Waals surface area contributed by atoms with Gasteiger partial charge in [0, 0.05) is 11.5 Å². The number of hydrogen-bond donors (Lipinski definition) is 4. The lowest BCUT2D eigenvalue weighted by atomic mass is 10.1. The SMILES string of the molecule is O=CNc1cc(S(=O)(=O)O)cc2cc(S(=O)(=O)O)cc(O)c12. The van der Waals surface area contributed by atoms with Gasteiger partial charge in [-0.2, -0.15) is 16.8 Å². The fraction of sp³-hybridized carbons (Fsp3) is 0. The van der Waals surface area contributed by atoms with Crippen LogP contribution in [-0.2, 0) is 25.0 Å². The molecule has 0 aliphatic carbocycles. The third-order valence-corrected chi connectivity index (χ3v) is 4.45. The highest BCUT2D eigenvalue weighted by Crippen LogP contribution is 2.36. The van der Waals surface area contributed by atoms with Crippen molar-refractivity contribution in [1.29, 1.82) is 0 Å². The van der Waals surface area contributed by atoms with Crippen LogP contribution in [0.2, 0.25) is 0 Å². The van der Waals surface area contributed by atoms with E-state index in [1.165, 1.54) is 0 Å². The van der Waals surface area contributed by atoms with Crippen LogP contribution in [-0.4, -0.2) is 37.5 Å². The molecule has 0 fully saturated rings. The molecule has 1 amide bonds. The predicted molar refractivity (Wildman–Crippen MR) is 74.9 cm³/mol. The summed E-state index contributed by atoms with van der Waals surface area (Å²) in [6.45, 7) is 0. The van der Waals surface area contributed by atoms with Crippen LogP contribution in [0.25, 0.3) is 10.8 Å². The lowest BCUT2D eigenvalue weighted by Gasteiger charge is -2.11. The van der Waals surface area contributed by atoms with Crippen molar-refractivity contribution in [3.63, 3.8) is 0 Å². The smallest absolute Gasteiger partial charge is 0.294 e. The van der Waals surface area contributed by atoms with Crippen LogP contribution >= 0.6 is 0 Å². The fourth-order valence-electron chi connectivity index (χ4n) is 1.91. The summed E-state index contributed by atoms with van der Waals surface area (Å²) in [6, 6.07) is 3.39. The summed E-state index contributed by atoms with van der Waals surface area (Å²) in [6.07, 6.45) is 0.207. The van der Waals surface area contributed by atoms with Gasteiger partial charge in [-0.05, 0) is 23.6 Å². The molecular weight excluding hydrogens is 338 g/mol. The molecule has 0 bridgehead atoms. The van der Waals surface area contributed by atoms with Crippen molar-refractivity contribution in [1.82, 2.24) is 0 Å². The van der Waals surface area contributed by atoms with Crippen LogP contribution in [0.1, 0.15) is 0 Å². The van der Waals surface area contributed by atoms with E-state index >= 15 is 0 Å². The van der Waals surface area contributed by atoms with Gasteiger partial charge < -0.3 is 10.4 Å². The Kier molecular flexibility index (Phi) is 3.83. The van der Waals surface area contributed by atoms with Gasteiger partial charge in [0.25, 0.3) is 20.2 Å². The first-order valence-corrected chi connectivity index (χ1v) is 8.38. The molecule has 0 spiro atoms. The third kappa shape index (κ3) is 3.01. The van der Waals surface area contributed by atoms with Crippen LogP contribution in [0.15, 0.2) is 34.1 Å². The normalized spacial score (nSPS) is 12.3. The largest absolute Gasteiger partial charge is 0.507 e. The van der Waals surface area contributed by atoms with Crippen molar-refractivity contribution in [3.05, 3.63) is 24.3 Å². The average molecular weight is 347 g/mol. The van der Waals surface area contributed by atoms with Gasteiger partial charge in [-0.3, -0.25) is 13.9 Å². The zero-order valence-electron chi connectivity index (χ0n) is 10.6. The second-order valence-corrected chi connectivity index (χ2v) is 7.07. The maximum Gasteiger partial charge on any atom is 0.294 e. The Morgan fingerprint density at radius 2 is 1.41 bits per heavy atom. The number of amides is 1. The summed E-state index contributed by atoms with van der Waals surface area (Å²) in [5, 5.41) is 11.8. The Hall–Kier alpha value is -2.21. The molecular formula is C11H9NO8S2. The monoisotopic (exact) mass is 347 g/mol. The Balaban J connectivity index is 2.97. The molecule has 0 aliphatic rings. The number of phenolic OH excluding ortho intramolecular Hbond substituents is 1. The molecule has 2 rings (SSSR count). The zero-order chi connectivity index (χ0) is 16.7. The molecule has 9 nitrogen and oxygen atoms in total. The van der Waals surface area contributed by atoms with Crippen LogP contribution in [0, 0.1) is 0 Å². The third-order valence-electron chi connectivity index (χ3n) is 2.79. The number of rotatable bonds is 4. The van der Waals surface area contributed by atoms with Crippen molar-refractivity contribution in [3.8, 4) is 5.75 Å². The van der Waals surface area contributed by atoms with Gasteiger partial charge in [-0.15, -0.1) is 0 Å². The standard InChI is InChI=1S/C11H9NO8S2/c13-5-12-9-3-7(21(15,16)17)1-6-2-8(22(18,19)20)4-10(14)11(6)9/h1-5,14H,(H,12,13)(H,15,16,17)(H,18,19,20). The van der Waals surface area contributed by atoms with E-state index in [0.717, 1.165) is 24.3 Å². The number of phenols is 1. The number of carbonyl (C=O) groups excluding carboxylic acids is 1. The lowest BCUT2D eigenvalue weighted by Crippen LogP contribution is -2.03. The fourth-order valence-corrected chi connectivity index (χ4v) is 2.99. The van der Waals surface area contributed by atoms with Crippen molar-refractivity contribution < 1.29 is 35.8 Å². The molecule has 0 radical (unpaired) electrons. The van der Waals surface area contributed by atoms with Crippen LogP contribution in [0.3, 0.4) is 0 Å². The number of fused-ring (bicyclic) bond motifs is 1. The topological polar surface area (TPSA) is 158 Å². The van der Waals surface area contributed by atoms with Gasteiger partial charge >= 0.3 is 0 Å². The molecule has 0 saturated carbocycles. The molecule has 0 atom stereocenters. The van der Waals surface area contributed by atoms with E-state index in [9.17, 15) is 26.7 Å². The van der Waals surface area contributed by atoms with Crippen molar-refractivity contribution in [2.75, 3.05) is 5.32 Å². The average Bonchev–Trinajstić information content (AvgIpc) is 2.36. The Morgan fingerprint density at radius 3 is 1.86 bits per heavy atom. The molecule has 0 aliphatic heterocycles. The maximum absolute atomic E-state index is 11.2. The number of carbonyl (C=O) groups is 1. The molecule has 0 heterocycles. The van der Waals surface area contributed by atoms with Crippen molar-refractivity contribution in [2.24, 2.45) is 0 Å². The first kappa shape index (κ1) is 16.2. The minimum Gasteiger partial charge on any atom is -0.507 e. The summed E-state index contributed by atoms with van der Waals surface area (Å²) in [4.78, 5) is 9.27. The molecule has 22 heavy (non-hydrogen) atoms. The molecule has 0 saturated heterocycles. The molecule has 4 N–H and O–H groups in total. The minimum atomic E-state index is -4.65. The highest BCUT2D eigenvalue weighted by atomic mass is 32.2. The van der Waals surface area contributed by atoms with Gasteiger partial charge in [0.2, 0.25) is 6.41 Å². The summed E-state index contributed by atoms with van der Waals surface area (Å²) < 4.78 is 62.7. The Morgan fingerprint density at radius 1 is 0.909 bits per heavy atom. The van der Waals surface area contributed by atoms with E-state index in [4.69, 9.17) is 9.11 Å². The number of benzene rings is 2. The number of hydrogen-bond acceptors (Lipinski definition) is 6. The molecule has 118 valence electrons. The molecule has 0 aromatic heterocycles. The zero-order valence-corrected chi connectivity index (χ0v) is 12.2. The summed E-state index contributed by atoms with van der Waals surface area (Å²) in [7, 11) is -9.30. The van der Waals surface area contributed by atoms with Crippen molar-refractivity contribution in [2.45, 2.75) is 9.79 Å².